The average Bonchev–Trinajstić information content (AvgIpc) is 2.81. The quantitative estimate of drug-likeness (QED) is 0.440. The lowest BCUT2D eigenvalue weighted by molar-refractivity contribution is 0.414. The Kier molecular flexibility index (Phi) is 5.81. The topological polar surface area (TPSA) is 93.2 Å². The summed E-state index contributed by atoms with van der Waals surface area (Å²) in [5, 5.41) is 3.14. The van der Waals surface area contributed by atoms with Gasteiger partial charge in [0.1, 0.15) is 5.75 Å². The largest absolute Gasteiger partial charge is 0.497 e. The standard InChI is InChI=1S/C23H20N4O3S/c1-30-20-11-13-21(14-12-20)31(28,29)27-19-9-7-18(8-10-19)25-23-24-16-15-22(26-23)17-5-3-2-4-6-17/h2-16,27H,1H3,(H,24,25,26). The van der Waals surface area contributed by atoms with Gasteiger partial charge >= 0.3 is 0 Å². The Morgan fingerprint density at radius 1 is 0.806 bits per heavy atom. The van der Waals surface area contributed by atoms with E-state index in [-0.39, 0.29) is 4.90 Å². The molecule has 0 aliphatic rings. The van der Waals surface area contributed by atoms with E-state index in [1.54, 1.807) is 42.6 Å². The van der Waals surface area contributed by atoms with E-state index >= 15 is 0 Å². The Balaban J connectivity index is 1.46. The number of nitrogens with one attached hydrogen (secondary N) is 2. The van der Waals surface area contributed by atoms with Crippen LogP contribution in [0.25, 0.3) is 11.3 Å². The Hall–Kier alpha value is -3.91. The smallest absolute Gasteiger partial charge is 0.261 e. The van der Waals surface area contributed by atoms with Crippen molar-refractivity contribution in [2.75, 3.05) is 17.1 Å². The van der Waals surface area contributed by atoms with Gasteiger partial charge in [0.2, 0.25) is 5.95 Å². The number of methoxy groups -OCH3 is 1. The molecule has 4 rings (SSSR count). The lowest BCUT2D eigenvalue weighted by atomic mass is 10.1. The van der Waals surface area contributed by atoms with Crippen molar-refractivity contribution in [3.8, 4) is 17.0 Å². The van der Waals surface area contributed by atoms with Crippen LogP contribution in [0.5, 0.6) is 5.75 Å². The first kappa shape index (κ1) is 20.4. The zero-order chi connectivity index (χ0) is 21.7. The molecule has 0 bridgehead atoms. The number of sulfonamides is 1. The minimum absolute atomic E-state index is 0.154. The Bertz CT molecular complexity index is 1260. The van der Waals surface area contributed by atoms with Crippen LogP contribution in [0.4, 0.5) is 17.3 Å². The van der Waals surface area contributed by atoms with Crippen molar-refractivity contribution >= 4 is 27.3 Å². The zero-order valence-corrected chi connectivity index (χ0v) is 17.5. The summed E-state index contributed by atoms with van der Waals surface area (Å²) in [7, 11) is -2.17. The Morgan fingerprint density at radius 2 is 1.48 bits per heavy atom. The van der Waals surface area contributed by atoms with Crippen LogP contribution in [-0.2, 0) is 10.0 Å². The zero-order valence-electron chi connectivity index (χ0n) is 16.7. The molecule has 8 heteroatoms. The van der Waals surface area contributed by atoms with Gasteiger partial charge in [0, 0.05) is 23.1 Å². The van der Waals surface area contributed by atoms with E-state index in [0.29, 0.717) is 17.4 Å². The van der Waals surface area contributed by atoms with Crippen LogP contribution >= 0.6 is 0 Å². The van der Waals surface area contributed by atoms with Crippen molar-refractivity contribution in [2.45, 2.75) is 4.90 Å². The highest BCUT2D eigenvalue weighted by atomic mass is 32.2. The Labute approximate surface area is 180 Å². The van der Waals surface area contributed by atoms with Gasteiger partial charge in [-0.2, -0.15) is 0 Å². The predicted octanol–water partition coefficient (Wildman–Crippen LogP) is 4.70. The van der Waals surface area contributed by atoms with Gasteiger partial charge in [0.05, 0.1) is 17.7 Å². The first-order valence-corrected chi connectivity index (χ1v) is 10.9. The summed E-state index contributed by atoms with van der Waals surface area (Å²) < 4.78 is 32.8. The summed E-state index contributed by atoms with van der Waals surface area (Å²) in [4.78, 5) is 8.94. The van der Waals surface area contributed by atoms with Crippen molar-refractivity contribution in [1.82, 2.24) is 9.97 Å². The maximum absolute atomic E-state index is 12.6. The van der Waals surface area contributed by atoms with Crippen molar-refractivity contribution in [2.24, 2.45) is 0 Å². The fourth-order valence-corrected chi connectivity index (χ4v) is 3.97. The molecule has 0 aliphatic carbocycles. The van der Waals surface area contributed by atoms with E-state index in [2.05, 4.69) is 20.0 Å². The molecule has 0 saturated carbocycles. The van der Waals surface area contributed by atoms with Crippen LogP contribution in [0.15, 0.2) is 96.0 Å². The summed E-state index contributed by atoms with van der Waals surface area (Å²) in [6.45, 7) is 0. The number of rotatable bonds is 7. The summed E-state index contributed by atoms with van der Waals surface area (Å²) in [5.74, 6) is 1.04. The Morgan fingerprint density at radius 3 is 2.16 bits per heavy atom. The molecule has 0 fully saturated rings. The molecule has 0 aliphatic heterocycles. The van der Waals surface area contributed by atoms with Crippen LogP contribution in [0.2, 0.25) is 0 Å². The SMILES string of the molecule is COc1ccc(S(=O)(=O)Nc2ccc(Nc3nccc(-c4ccccc4)n3)cc2)cc1. The molecule has 0 radical (unpaired) electrons. The second kappa shape index (κ2) is 8.85. The molecule has 3 aromatic carbocycles. The second-order valence-corrected chi connectivity index (χ2v) is 8.30. The number of nitrogens with zero attached hydrogens (tertiary/aromatic N) is 2. The minimum atomic E-state index is -3.70. The summed E-state index contributed by atoms with van der Waals surface area (Å²) in [6.07, 6.45) is 1.69. The molecule has 7 nitrogen and oxygen atoms in total. The van der Waals surface area contributed by atoms with E-state index < -0.39 is 10.0 Å². The van der Waals surface area contributed by atoms with Crippen LogP contribution < -0.4 is 14.8 Å². The summed E-state index contributed by atoms with van der Waals surface area (Å²) in [6, 6.07) is 24.7. The molecular formula is C23H20N4O3S. The fourth-order valence-electron chi connectivity index (χ4n) is 2.91. The van der Waals surface area contributed by atoms with E-state index in [1.807, 2.05) is 36.4 Å². The lowest BCUT2D eigenvalue weighted by Crippen LogP contribution is -2.12. The van der Waals surface area contributed by atoms with E-state index in [9.17, 15) is 8.42 Å². The number of hydrogen-bond acceptors (Lipinski definition) is 6. The van der Waals surface area contributed by atoms with E-state index in [4.69, 9.17) is 4.74 Å². The van der Waals surface area contributed by atoms with E-state index in [0.717, 1.165) is 16.9 Å². The highest BCUT2D eigenvalue weighted by Gasteiger charge is 2.14. The van der Waals surface area contributed by atoms with Crippen molar-refractivity contribution in [3.05, 3.63) is 91.1 Å². The maximum atomic E-state index is 12.6. The van der Waals surface area contributed by atoms with Gasteiger partial charge in [0.15, 0.2) is 0 Å². The van der Waals surface area contributed by atoms with Gasteiger partial charge in [-0.25, -0.2) is 18.4 Å². The maximum Gasteiger partial charge on any atom is 0.261 e. The number of anilines is 3. The first-order chi connectivity index (χ1) is 15.0. The lowest BCUT2D eigenvalue weighted by Gasteiger charge is -2.10. The van der Waals surface area contributed by atoms with Crippen LogP contribution in [-0.4, -0.2) is 25.5 Å². The number of ether oxygens (including phenoxy) is 1. The van der Waals surface area contributed by atoms with E-state index in [1.165, 1.54) is 19.2 Å². The molecule has 0 unspecified atom stereocenters. The molecule has 31 heavy (non-hydrogen) atoms. The van der Waals surface area contributed by atoms with Gasteiger partial charge in [-0.1, -0.05) is 30.3 Å². The third kappa shape index (κ3) is 4.99. The number of benzene rings is 3. The van der Waals surface area contributed by atoms with Gasteiger partial charge < -0.3 is 10.1 Å². The average molecular weight is 433 g/mol. The van der Waals surface area contributed by atoms with Gasteiger partial charge in [-0.15, -0.1) is 0 Å². The monoisotopic (exact) mass is 432 g/mol. The van der Waals surface area contributed by atoms with Crippen molar-refractivity contribution in [3.63, 3.8) is 0 Å². The second-order valence-electron chi connectivity index (χ2n) is 6.61. The summed E-state index contributed by atoms with van der Waals surface area (Å²) in [5.41, 5.74) is 2.98. The molecular weight excluding hydrogens is 412 g/mol. The predicted molar refractivity (Wildman–Crippen MR) is 121 cm³/mol. The van der Waals surface area contributed by atoms with Crippen LogP contribution in [0.3, 0.4) is 0 Å². The molecule has 4 aromatic rings. The molecule has 1 heterocycles. The summed E-state index contributed by atoms with van der Waals surface area (Å²) >= 11 is 0. The molecule has 0 saturated heterocycles. The third-order valence-electron chi connectivity index (χ3n) is 4.49. The van der Waals surface area contributed by atoms with Crippen LogP contribution in [0, 0.1) is 0 Å². The molecule has 0 atom stereocenters. The number of aromatic nitrogens is 2. The van der Waals surface area contributed by atoms with Gasteiger partial charge in [-0.05, 0) is 54.6 Å². The third-order valence-corrected chi connectivity index (χ3v) is 5.89. The normalized spacial score (nSPS) is 11.0. The molecule has 1 aromatic heterocycles. The molecule has 0 spiro atoms. The highest BCUT2D eigenvalue weighted by Crippen LogP contribution is 2.22. The van der Waals surface area contributed by atoms with Crippen molar-refractivity contribution < 1.29 is 13.2 Å². The first-order valence-electron chi connectivity index (χ1n) is 9.46. The molecule has 0 amide bonds. The molecule has 156 valence electrons. The van der Waals surface area contributed by atoms with Gasteiger partial charge in [0.25, 0.3) is 10.0 Å². The molecule has 2 N–H and O–H groups in total. The minimum Gasteiger partial charge on any atom is -0.497 e. The van der Waals surface area contributed by atoms with Crippen molar-refractivity contribution in [1.29, 1.82) is 0 Å². The fraction of sp³-hybridized carbons (Fsp3) is 0.0435. The number of hydrogen-bond donors (Lipinski definition) is 2. The highest BCUT2D eigenvalue weighted by molar-refractivity contribution is 7.92. The van der Waals surface area contributed by atoms with Crippen LogP contribution in [0.1, 0.15) is 0 Å². The van der Waals surface area contributed by atoms with Gasteiger partial charge in [-0.3, -0.25) is 4.72 Å².